The lowest BCUT2D eigenvalue weighted by atomic mass is 10.2. The average Bonchev–Trinajstić information content (AvgIpc) is 2.40. The fraction of sp³-hybridized carbons (Fsp3) is 0. The molecule has 88 valence electrons. The molecule has 0 aliphatic rings. The van der Waals surface area contributed by atoms with Crippen molar-refractivity contribution in [3.63, 3.8) is 0 Å². The molecule has 18 heavy (non-hydrogen) atoms. The number of benzene rings is 2. The number of rotatable bonds is 2. The van der Waals surface area contributed by atoms with Gasteiger partial charge in [-0.1, -0.05) is 30.3 Å². The van der Waals surface area contributed by atoms with E-state index in [1.54, 1.807) is 48.5 Å². The van der Waals surface area contributed by atoms with Crippen molar-refractivity contribution in [1.82, 2.24) is 0 Å². The van der Waals surface area contributed by atoms with Gasteiger partial charge in [0.25, 0.3) is 0 Å². The molecule has 0 aliphatic carbocycles. The van der Waals surface area contributed by atoms with E-state index < -0.39 is 6.09 Å². The molecule has 2 aromatic rings. The average molecular weight is 238 g/mol. The molecule has 0 saturated heterocycles. The Morgan fingerprint density at radius 2 is 1.72 bits per heavy atom. The lowest BCUT2D eigenvalue weighted by Crippen LogP contribution is -2.17. The zero-order chi connectivity index (χ0) is 12.8. The van der Waals surface area contributed by atoms with E-state index in [2.05, 4.69) is 5.32 Å². The van der Waals surface area contributed by atoms with Gasteiger partial charge >= 0.3 is 6.09 Å². The number of carbonyl (C=O) groups is 1. The van der Waals surface area contributed by atoms with Gasteiger partial charge in [-0.05, 0) is 24.3 Å². The molecule has 0 heterocycles. The Bertz CT molecular complexity index is 588. The second kappa shape index (κ2) is 5.51. The number of para-hydroxylation sites is 2. The Morgan fingerprint density at radius 1 is 1.06 bits per heavy atom. The fourth-order valence-corrected chi connectivity index (χ4v) is 1.42. The molecule has 4 heteroatoms. The highest BCUT2D eigenvalue weighted by atomic mass is 16.6. The van der Waals surface area contributed by atoms with E-state index in [1.165, 1.54) is 0 Å². The van der Waals surface area contributed by atoms with Crippen LogP contribution in [-0.4, -0.2) is 6.09 Å². The van der Waals surface area contributed by atoms with Crippen LogP contribution in [0.3, 0.4) is 0 Å². The summed E-state index contributed by atoms with van der Waals surface area (Å²) >= 11 is 0. The van der Waals surface area contributed by atoms with Crippen molar-refractivity contribution in [1.29, 1.82) is 5.26 Å². The molecular weight excluding hydrogens is 228 g/mol. The van der Waals surface area contributed by atoms with E-state index in [-0.39, 0.29) is 0 Å². The first-order chi connectivity index (χ1) is 8.79. The normalized spacial score (nSPS) is 9.28. The summed E-state index contributed by atoms with van der Waals surface area (Å²) < 4.78 is 5.06. The lowest BCUT2D eigenvalue weighted by molar-refractivity contribution is 0.215. The fourth-order valence-electron chi connectivity index (χ4n) is 1.42. The molecule has 2 aromatic carbocycles. The van der Waals surface area contributed by atoms with Crippen molar-refractivity contribution in [3.8, 4) is 11.8 Å². The van der Waals surface area contributed by atoms with Gasteiger partial charge in [-0.2, -0.15) is 5.26 Å². The maximum Gasteiger partial charge on any atom is 0.417 e. The van der Waals surface area contributed by atoms with Gasteiger partial charge in [-0.15, -0.1) is 0 Å². The summed E-state index contributed by atoms with van der Waals surface area (Å²) in [6, 6.07) is 17.4. The minimum Gasteiger partial charge on any atom is -0.410 e. The number of nitrogens with zero attached hydrogens (tertiary/aromatic N) is 1. The van der Waals surface area contributed by atoms with Crippen molar-refractivity contribution in [2.75, 3.05) is 5.32 Å². The lowest BCUT2D eigenvalue weighted by Gasteiger charge is -2.07. The molecule has 0 atom stereocenters. The van der Waals surface area contributed by atoms with E-state index in [1.807, 2.05) is 12.1 Å². The van der Waals surface area contributed by atoms with E-state index >= 15 is 0 Å². The monoisotopic (exact) mass is 238 g/mol. The van der Waals surface area contributed by atoms with Crippen LogP contribution in [0.25, 0.3) is 0 Å². The standard InChI is InChI=1S/C14H10N2O2/c15-10-11-6-4-5-9-13(11)16-14(17)18-12-7-2-1-3-8-12/h1-9H,(H,16,17). The number of ether oxygens (including phenoxy) is 1. The third kappa shape index (κ3) is 2.86. The maximum atomic E-state index is 11.6. The molecule has 0 radical (unpaired) electrons. The van der Waals surface area contributed by atoms with E-state index in [4.69, 9.17) is 10.00 Å². The highest BCUT2D eigenvalue weighted by molar-refractivity contribution is 5.87. The third-order valence-corrected chi connectivity index (χ3v) is 2.24. The van der Waals surface area contributed by atoms with Crippen molar-refractivity contribution < 1.29 is 9.53 Å². The van der Waals surface area contributed by atoms with Gasteiger partial charge < -0.3 is 4.74 Å². The molecule has 0 bridgehead atoms. The van der Waals surface area contributed by atoms with Crippen LogP contribution in [0.4, 0.5) is 10.5 Å². The topological polar surface area (TPSA) is 62.1 Å². The quantitative estimate of drug-likeness (QED) is 0.874. The van der Waals surface area contributed by atoms with Crippen molar-refractivity contribution in [2.24, 2.45) is 0 Å². The molecule has 0 saturated carbocycles. The largest absolute Gasteiger partial charge is 0.417 e. The number of hydrogen-bond acceptors (Lipinski definition) is 3. The summed E-state index contributed by atoms with van der Waals surface area (Å²) in [6.45, 7) is 0. The first-order valence-electron chi connectivity index (χ1n) is 5.32. The number of nitrogens with one attached hydrogen (secondary N) is 1. The molecule has 0 spiro atoms. The molecule has 1 N–H and O–H groups in total. The van der Waals surface area contributed by atoms with Crippen molar-refractivity contribution in [3.05, 3.63) is 60.2 Å². The Morgan fingerprint density at radius 3 is 2.44 bits per heavy atom. The SMILES string of the molecule is N#Cc1ccccc1NC(=O)Oc1ccccc1. The zero-order valence-electron chi connectivity index (χ0n) is 9.46. The summed E-state index contributed by atoms with van der Waals surface area (Å²) in [4.78, 5) is 11.6. The van der Waals surface area contributed by atoms with E-state index in [0.717, 1.165) is 0 Å². The minimum absolute atomic E-state index is 0.391. The zero-order valence-corrected chi connectivity index (χ0v) is 9.46. The Kier molecular flexibility index (Phi) is 3.57. The third-order valence-electron chi connectivity index (χ3n) is 2.24. The molecule has 1 amide bonds. The summed E-state index contributed by atoms with van der Waals surface area (Å²) in [7, 11) is 0. The first kappa shape index (κ1) is 11.7. The second-order valence-corrected chi connectivity index (χ2v) is 3.48. The van der Waals surface area contributed by atoms with Gasteiger partial charge in [-0.3, -0.25) is 5.32 Å². The number of anilines is 1. The first-order valence-corrected chi connectivity index (χ1v) is 5.32. The molecule has 0 fully saturated rings. The van der Waals surface area contributed by atoms with Crippen LogP contribution in [0.1, 0.15) is 5.56 Å². The molecular formula is C14H10N2O2. The molecule has 2 rings (SSSR count). The Hall–Kier alpha value is -2.80. The Balaban J connectivity index is 2.06. The van der Waals surface area contributed by atoms with Gasteiger partial charge in [0.05, 0.1) is 11.3 Å². The van der Waals surface area contributed by atoms with Crippen molar-refractivity contribution >= 4 is 11.8 Å². The summed E-state index contributed by atoms with van der Waals surface area (Å²) in [5.41, 5.74) is 0.823. The molecule has 0 aliphatic heterocycles. The van der Waals surface area contributed by atoms with Gasteiger partial charge in [0.2, 0.25) is 0 Å². The second-order valence-electron chi connectivity index (χ2n) is 3.48. The number of nitriles is 1. The summed E-state index contributed by atoms with van der Waals surface area (Å²) in [5.74, 6) is 0.449. The minimum atomic E-state index is -0.621. The van der Waals surface area contributed by atoms with E-state index in [0.29, 0.717) is 17.0 Å². The predicted octanol–water partition coefficient (Wildman–Crippen LogP) is 3.17. The van der Waals surface area contributed by atoms with Gasteiger partial charge in [-0.25, -0.2) is 4.79 Å². The number of hydrogen-bond donors (Lipinski definition) is 1. The Labute approximate surface area is 104 Å². The van der Waals surface area contributed by atoms with Crippen LogP contribution in [0.15, 0.2) is 54.6 Å². The predicted molar refractivity (Wildman–Crippen MR) is 67.2 cm³/mol. The number of carbonyl (C=O) groups excluding carboxylic acids is 1. The summed E-state index contributed by atoms with van der Waals surface area (Å²) in [6.07, 6.45) is -0.621. The van der Waals surface area contributed by atoms with Crippen LogP contribution in [0.2, 0.25) is 0 Å². The van der Waals surface area contributed by atoms with Gasteiger partial charge in [0.15, 0.2) is 0 Å². The van der Waals surface area contributed by atoms with Crippen LogP contribution < -0.4 is 10.1 Å². The van der Waals surface area contributed by atoms with Gasteiger partial charge in [0, 0.05) is 0 Å². The van der Waals surface area contributed by atoms with Gasteiger partial charge in [0.1, 0.15) is 11.8 Å². The number of amides is 1. The molecule has 4 nitrogen and oxygen atoms in total. The van der Waals surface area contributed by atoms with Crippen molar-refractivity contribution in [2.45, 2.75) is 0 Å². The van der Waals surface area contributed by atoms with Crippen LogP contribution in [0, 0.1) is 11.3 Å². The molecule has 0 unspecified atom stereocenters. The smallest absolute Gasteiger partial charge is 0.410 e. The maximum absolute atomic E-state index is 11.6. The van der Waals surface area contributed by atoms with Crippen LogP contribution >= 0.6 is 0 Å². The highest BCUT2D eigenvalue weighted by Gasteiger charge is 2.07. The highest BCUT2D eigenvalue weighted by Crippen LogP contribution is 2.15. The molecule has 0 aromatic heterocycles. The van der Waals surface area contributed by atoms with Crippen LogP contribution in [0.5, 0.6) is 5.75 Å². The van der Waals surface area contributed by atoms with Crippen LogP contribution in [-0.2, 0) is 0 Å². The van der Waals surface area contributed by atoms with E-state index in [9.17, 15) is 4.79 Å². The summed E-state index contributed by atoms with van der Waals surface area (Å²) in [5, 5.41) is 11.4.